The standard InChI is InChI=1S/C32H35F2N5O5S/c1-19-36-29(45(42,43)35-7)26-10-8-9-25(39(19)26)24-12-11-23(13-14-32(5,6)41)37-28(24)27(44-30(40)38-31(2,3)4)17-20-15-21(33)18-22(34)16-20/h8-12,15-16,18,27,35,41H,17H2,1-7H3,(H,38,40)/t27-/m0/s1. The Bertz CT molecular complexity index is 1910. The van der Waals surface area contributed by atoms with Gasteiger partial charge in [-0.05, 0) is 96.5 Å². The van der Waals surface area contributed by atoms with Crippen molar-refractivity contribution in [3.8, 4) is 23.1 Å². The van der Waals surface area contributed by atoms with Gasteiger partial charge in [-0.15, -0.1) is 0 Å². The van der Waals surface area contributed by atoms with Crippen LogP contribution in [0.2, 0.25) is 0 Å². The van der Waals surface area contributed by atoms with E-state index in [1.807, 2.05) is 0 Å². The molecule has 13 heteroatoms. The number of benzene rings is 1. The maximum Gasteiger partial charge on any atom is 0.408 e. The molecule has 1 atom stereocenters. The highest BCUT2D eigenvalue weighted by Crippen LogP contribution is 2.34. The molecule has 0 fully saturated rings. The maximum atomic E-state index is 14.3. The minimum absolute atomic E-state index is 0.171. The third-order valence-corrected chi connectivity index (χ3v) is 7.74. The lowest BCUT2D eigenvalue weighted by atomic mass is 9.98. The summed E-state index contributed by atoms with van der Waals surface area (Å²) in [4.78, 5) is 22.1. The molecule has 0 unspecified atom stereocenters. The van der Waals surface area contributed by atoms with Crippen molar-refractivity contribution in [1.82, 2.24) is 24.4 Å². The zero-order valence-corrected chi connectivity index (χ0v) is 26.8. The smallest absolute Gasteiger partial charge is 0.408 e. The molecule has 0 aliphatic carbocycles. The second-order valence-electron chi connectivity index (χ2n) is 12.0. The molecule has 45 heavy (non-hydrogen) atoms. The van der Waals surface area contributed by atoms with Crippen molar-refractivity contribution in [3.63, 3.8) is 0 Å². The van der Waals surface area contributed by atoms with Gasteiger partial charge in [0.1, 0.15) is 28.8 Å². The molecule has 3 heterocycles. The number of fused-ring (bicyclic) bond motifs is 1. The number of pyridine rings is 2. The third kappa shape index (κ3) is 8.21. The van der Waals surface area contributed by atoms with Gasteiger partial charge in [0.05, 0.1) is 16.9 Å². The predicted octanol–water partition coefficient (Wildman–Crippen LogP) is 4.82. The first-order chi connectivity index (χ1) is 20.9. The normalized spacial score (nSPS) is 12.8. The van der Waals surface area contributed by atoms with Gasteiger partial charge < -0.3 is 15.2 Å². The predicted molar refractivity (Wildman–Crippen MR) is 165 cm³/mol. The van der Waals surface area contributed by atoms with Crippen LogP contribution < -0.4 is 10.0 Å². The Morgan fingerprint density at radius 1 is 1.07 bits per heavy atom. The fourth-order valence-corrected chi connectivity index (χ4v) is 5.49. The Balaban J connectivity index is 2.01. The van der Waals surface area contributed by atoms with E-state index in [1.165, 1.54) is 20.9 Å². The number of aliphatic hydroxyl groups is 1. The van der Waals surface area contributed by atoms with Crippen molar-refractivity contribution >= 4 is 21.6 Å². The summed E-state index contributed by atoms with van der Waals surface area (Å²) < 4.78 is 63.9. The molecule has 1 aromatic carbocycles. The minimum atomic E-state index is -3.93. The van der Waals surface area contributed by atoms with Crippen molar-refractivity contribution in [2.45, 2.75) is 70.2 Å². The number of nitrogens with one attached hydrogen (secondary N) is 2. The van der Waals surface area contributed by atoms with E-state index in [2.05, 4.69) is 26.9 Å². The Kier molecular flexibility index (Phi) is 9.35. The number of halogens is 2. The summed E-state index contributed by atoms with van der Waals surface area (Å²) in [6, 6.07) is 11.2. The number of aryl methyl sites for hydroxylation is 1. The molecule has 4 rings (SSSR count). The first-order valence-electron chi connectivity index (χ1n) is 14.0. The molecule has 0 saturated heterocycles. The lowest BCUT2D eigenvalue weighted by Gasteiger charge is -2.25. The number of hydrogen-bond donors (Lipinski definition) is 3. The Morgan fingerprint density at radius 2 is 1.73 bits per heavy atom. The molecule has 3 aromatic heterocycles. The first-order valence-corrected chi connectivity index (χ1v) is 15.5. The van der Waals surface area contributed by atoms with Gasteiger partial charge in [0.15, 0.2) is 11.1 Å². The monoisotopic (exact) mass is 639 g/mol. The van der Waals surface area contributed by atoms with Gasteiger partial charge in [-0.3, -0.25) is 4.40 Å². The topological polar surface area (TPSA) is 135 Å². The Hall–Kier alpha value is -4.38. The van der Waals surface area contributed by atoms with Gasteiger partial charge >= 0.3 is 6.09 Å². The average Bonchev–Trinajstić information content (AvgIpc) is 3.27. The van der Waals surface area contributed by atoms with Crippen molar-refractivity contribution < 1.29 is 31.8 Å². The maximum absolute atomic E-state index is 14.3. The van der Waals surface area contributed by atoms with Crippen LogP contribution in [0, 0.1) is 30.4 Å². The van der Waals surface area contributed by atoms with Crippen LogP contribution in [0.3, 0.4) is 0 Å². The number of rotatable bonds is 7. The van der Waals surface area contributed by atoms with Gasteiger partial charge in [0.25, 0.3) is 10.0 Å². The summed E-state index contributed by atoms with van der Waals surface area (Å²) in [5.41, 5.74) is -0.269. The molecule has 10 nitrogen and oxygen atoms in total. The summed E-state index contributed by atoms with van der Waals surface area (Å²) in [5, 5.41) is 12.7. The first kappa shape index (κ1) is 33.5. The highest BCUT2D eigenvalue weighted by molar-refractivity contribution is 7.89. The van der Waals surface area contributed by atoms with Crippen LogP contribution in [-0.4, -0.2) is 52.2 Å². The summed E-state index contributed by atoms with van der Waals surface area (Å²) in [6.07, 6.45) is -2.18. The van der Waals surface area contributed by atoms with E-state index in [0.717, 1.165) is 18.2 Å². The van der Waals surface area contributed by atoms with Crippen LogP contribution in [0.4, 0.5) is 13.6 Å². The number of hydrogen-bond acceptors (Lipinski definition) is 7. The van der Waals surface area contributed by atoms with Crippen molar-refractivity contribution in [2.75, 3.05) is 7.05 Å². The van der Waals surface area contributed by atoms with Crippen LogP contribution in [0.5, 0.6) is 0 Å². The number of sulfonamides is 1. The minimum Gasteiger partial charge on any atom is -0.439 e. The van der Waals surface area contributed by atoms with Gasteiger partial charge in [0, 0.05) is 23.6 Å². The van der Waals surface area contributed by atoms with Crippen LogP contribution in [0.15, 0.2) is 53.6 Å². The van der Waals surface area contributed by atoms with E-state index >= 15 is 0 Å². The molecule has 0 spiro atoms. The highest BCUT2D eigenvalue weighted by Gasteiger charge is 2.28. The van der Waals surface area contributed by atoms with Crippen LogP contribution in [0.25, 0.3) is 16.8 Å². The fraction of sp³-hybridized carbons (Fsp3) is 0.344. The lowest BCUT2D eigenvalue weighted by molar-refractivity contribution is 0.0890. The quantitative estimate of drug-likeness (QED) is 0.247. The molecule has 0 bridgehead atoms. The molecule has 0 aliphatic heterocycles. The fourth-order valence-electron chi connectivity index (χ4n) is 4.61. The number of carbonyl (C=O) groups excluding carboxylic acids is 1. The number of aromatic nitrogens is 3. The van der Waals surface area contributed by atoms with E-state index in [1.54, 1.807) is 62.4 Å². The second kappa shape index (κ2) is 12.5. The largest absolute Gasteiger partial charge is 0.439 e. The van der Waals surface area contributed by atoms with E-state index in [4.69, 9.17) is 9.72 Å². The van der Waals surface area contributed by atoms with Gasteiger partial charge in [-0.1, -0.05) is 12.0 Å². The molecule has 0 saturated carbocycles. The van der Waals surface area contributed by atoms with Crippen LogP contribution in [0.1, 0.15) is 63.5 Å². The van der Waals surface area contributed by atoms with Crippen molar-refractivity contribution in [2.24, 2.45) is 0 Å². The SMILES string of the molecule is CNS(=O)(=O)c1nc(C)n2c(-c3ccc(C#CC(C)(C)O)nc3[C@H](Cc3cc(F)cc(F)c3)OC(=O)NC(C)(C)C)cccc12. The summed E-state index contributed by atoms with van der Waals surface area (Å²) in [6.45, 7) is 9.95. The van der Waals surface area contributed by atoms with E-state index < -0.39 is 45.0 Å². The van der Waals surface area contributed by atoms with Crippen molar-refractivity contribution in [1.29, 1.82) is 0 Å². The van der Waals surface area contributed by atoms with E-state index in [9.17, 15) is 27.1 Å². The molecular weight excluding hydrogens is 604 g/mol. The molecule has 0 aliphatic rings. The van der Waals surface area contributed by atoms with Gasteiger partial charge in [0.2, 0.25) is 0 Å². The molecule has 238 valence electrons. The number of alkyl carbamates (subject to hydrolysis) is 1. The zero-order valence-electron chi connectivity index (χ0n) is 26.0. The average molecular weight is 640 g/mol. The Labute approximate surface area is 260 Å². The number of ether oxygens (including phenoxy) is 1. The van der Waals surface area contributed by atoms with E-state index in [-0.39, 0.29) is 33.9 Å². The zero-order chi connectivity index (χ0) is 33.3. The number of nitrogens with zero attached hydrogens (tertiary/aromatic N) is 3. The molecule has 1 amide bonds. The van der Waals surface area contributed by atoms with Gasteiger partial charge in [-0.25, -0.2) is 36.7 Å². The highest BCUT2D eigenvalue weighted by atomic mass is 32.2. The molecule has 0 radical (unpaired) electrons. The van der Waals surface area contributed by atoms with Crippen LogP contribution in [-0.2, 0) is 21.2 Å². The molecule has 3 N–H and O–H groups in total. The summed E-state index contributed by atoms with van der Waals surface area (Å²) >= 11 is 0. The lowest BCUT2D eigenvalue weighted by Crippen LogP contribution is -2.41. The number of carbonyl (C=O) groups is 1. The summed E-state index contributed by atoms with van der Waals surface area (Å²) in [5.74, 6) is 4.25. The van der Waals surface area contributed by atoms with E-state index in [0.29, 0.717) is 17.1 Å². The molecular formula is C32H35F2N5O5S. The molecule has 4 aromatic rings. The Morgan fingerprint density at radius 3 is 2.33 bits per heavy atom. The third-order valence-electron chi connectivity index (χ3n) is 6.39. The number of amides is 1. The van der Waals surface area contributed by atoms with Crippen molar-refractivity contribution in [3.05, 3.63) is 82.9 Å². The summed E-state index contributed by atoms with van der Waals surface area (Å²) in [7, 11) is -2.64. The van der Waals surface area contributed by atoms with Crippen LogP contribution >= 0.6 is 0 Å². The van der Waals surface area contributed by atoms with Gasteiger partial charge in [-0.2, -0.15) is 0 Å². The second-order valence-corrected chi connectivity index (χ2v) is 13.8. The number of imidazole rings is 1.